The highest BCUT2D eigenvalue weighted by Crippen LogP contribution is 2.10. The molecule has 0 spiro atoms. The highest BCUT2D eigenvalue weighted by atomic mass is 32.1. The molecule has 0 aliphatic heterocycles. The third kappa shape index (κ3) is 2.36. The van der Waals surface area contributed by atoms with Gasteiger partial charge in [-0.25, -0.2) is 4.98 Å². The summed E-state index contributed by atoms with van der Waals surface area (Å²) in [5.41, 5.74) is 2.13. The average Bonchev–Trinajstić information content (AvgIpc) is 2.76. The van der Waals surface area contributed by atoms with Crippen molar-refractivity contribution in [2.75, 3.05) is 0 Å². The van der Waals surface area contributed by atoms with Crippen molar-refractivity contribution in [3.05, 3.63) is 51.5 Å². The number of nitrogens with zero attached hydrogens (tertiary/aromatic N) is 1. The predicted octanol–water partition coefficient (Wildman–Crippen LogP) is 2.66. The molecule has 0 atom stereocenters. The van der Waals surface area contributed by atoms with Gasteiger partial charge in [0.15, 0.2) is 11.3 Å². The minimum Gasteiger partial charge on any atom is -0.297 e. The number of hydrogen-bond donors (Lipinski definition) is 0. The lowest BCUT2D eigenvalue weighted by molar-refractivity contribution is 0.112. The fourth-order valence-electron chi connectivity index (χ4n) is 1.23. The van der Waals surface area contributed by atoms with E-state index in [2.05, 4.69) is 16.8 Å². The van der Waals surface area contributed by atoms with Crippen LogP contribution in [0.4, 0.5) is 0 Å². The maximum atomic E-state index is 10.5. The van der Waals surface area contributed by atoms with E-state index in [4.69, 9.17) is 0 Å². The van der Waals surface area contributed by atoms with Crippen LogP contribution in [-0.2, 0) is 0 Å². The zero-order valence-corrected chi connectivity index (χ0v) is 9.54. The molecular weight excluding hydrogens is 218 g/mol. The van der Waals surface area contributed by atoms with Crippen LogP contribution in [0.15, 0.2) is 30.5 Å². The maximum Gasteiger partial charge on any atom is 0.167 e. The zero-order valence-electron chi connectivity index (χ0n) is 8.73. The number of carbonyl (C=O) groups excluding carboxylic acids is 1. The lowest BCUT2D eigenvalue weighted by Gasteiger charge is -1.93. The summed E-state index contributed by atoms with van der Waals surface area (Å²) < 4.78 is 0. The summed E-state index contributed by atoms with van der Waals surface area (Å²) in [4.78, 5) is 15.1. The van der Waals surface area contributed by atoms with E-state index in [1.54, 1.807) is 6.20 Å². The molecule has 2 rings (SSSR count). The van der Waals surface area contributed by atoms with Gasteiger partial charge in [0, 0.05) is 11.8 Å². The van der Waals surface area contributed by atoms with E-state index in [-0.39, 0.29) is 0 Å². The summed E-state index contributed by atoms with van der Waals surface area (Å²) in [5.74, 6) is 6.00. The lowest BCUT2D eigenvalue weighted by atomic mass is 10.1. The van der Waals surface area contributed by atoms with Crippen molar-refractivity contribution >= 4 is 17.6 Å². The number of aromatic nitrogens is 1. The Bertz CT molecular complexity index is 575. The van der Waals surface area contributed by atoms with E-state index in [0.717, 1.165) is 17.4 Å². The SMILES string of the molecule is Cc1ccccc1C#Cc1ncc(C=O)s1. The molecule has 1 heterocycles. The van der Waals surface area contributed by atoms with Crippen molar-refractivity contribution in [2.45, 2.75) is 6.92 Å². The number of carbonyl (C=O) groups is 1. The van der Waals surface area contributed by atoms with Gasteiger partial charge < -0.3 is 0 Å². The molecule has 0 radical (unpaired) electrons. The third-order valence-corrected chi connectivity index (χ3v) is 2.93. The minimum atomic E-state index is 0.606. The van der Waals surface area contributed by atoms with Crippen LogP contribution in [0, 0.1) is 18.8 Å². The summed E-state index contributed by atoms with van der Waals surface area (Å²) in [7, 11) is 0. The Balaban J connectivity index is 2.28. The molecular formula is C13H9NOS. The summed E-state index contributed by atoms with van der Waals surface area (Å²) in [6, 6.07) is 7.92. The Hall–Kier alpha value is -1.92. The van der Waals surface area contributed by atoms with Crippen molar-refractivity contribution < 1.29 is 4.79 Å². The lowest BCUT2D eigenvalue weighted by Crippen LogP contribution is -1.79. The summed E-state index contributed by atoms with van der Waals surface area (Å²) in [6.45, 7) is 2.02. The van der Waals surface area contributed by atoms with E-state index in [1.807, 2.05) is 31.2 Å². The van der Waals surface area contributed by atoms with Crippen molar-refractivity contribution in [3.63, 3.8) is 0 Å². The monoisotopic (exact) mass is 227 g/mol. The summed E-state index contributed by atoms with van der Waals surface area (Å²) in [5, 5.41) is 0.672. The van der Waals surface area contributed by atoms with Crippen molar-refractivity contribution in [2.24, 2.45) is 0 Å². The molecule has 0 unspecified atom stereocenters. The highest BCUT2D eigenvalue weighted by molar-refractivity contribution is 7.13. The van der Waals surface area contributed by atoms with Crippen LogP contribution in [-0.4, -0.2) is 11.3 Å². The smallest absolute Gasteiger partial charge is 0.167 e. The number of aryl methyl sites for hydroxylation is 1. The van der Waals surface area contributed by atoms with Gasteiger partial charge in [-0.3, -0.25) is 4.79 Å². The van der Waals surface area contributed by atoms with Crippen LogP contribution in [0.2, 0.25) is 0 Å². The van der Waals surface area contributed by atoms with Gasteiger partial charge in [-0.15, -0.1) is 11.3 Å². The molecule has 2 aromatic rings. The molecule has 0 amide bonds. The van der Waals surface area contributed by atoms with Gasteiger partial charge in [-0.05, 0) is 24.5 Å². The topological polar surface area (TPSA) is 30.0 Å². The summed E-state index contributed by atoms with van der Waals surface area (Å²) >= 11 is 1.31. The van der Waals surface area contributed by atoms with Crippen LogP contribution in [0.1, 0.15) is 25.8 Å². The van der Waals surface area contributed by atoms with E-state index in [1.165, 1.54) is 11.3 Å². The fourth-order valence-corrected chi connectivity index (χ4v) is 1.82. The number of benzene rings is 1. The Morgan fingerprint density at radius 1 is 1.31 bits per heavy atom. The average molecular weight is 227 g/mol. The van der Waals surface area contributed by atoms with E-state index >= 15 is 0 Å². The first kappa shape index (κ1) is 10.6. The molecule has 1 aromatic carbocycles. The molecule has 0 N–H and O–H groups in total. The number of thiazole rings is 1. The first-order valence-electron chi connectivity index (χ1n) is 4.78. The fraction of sp³-hybridized carbons (Fsp3) is 0.0769. The maximum absolute atomic E-state index is 10.5. The van der Waals surface area contributed by atoms with Crippen LogP contribution in [0.5, 0.6) is 0 Å². The Kier molecular flexibility index (Phi) is 3.13. The predicted molar refractivity (Wildman–Crippen MR) is 64.7 cm³/mol. The first-order valence-corrected chi connectivity index (χ1v) is 5.60. The van der Waals surface area contributed by atoms with Gasteiger partial charge in [0.05, 0.1) is 4.88 Å². The van der Waals surface area contributed by atoms with E-state index in [9.17, 15) is 4.79 Å². The second kappa shape index (κ2) is 4.73. The van der Waals surface area contributed by atoms with Gasteiger partial charge in [0.1, 0.15) is 0 Å². The van der Waals surface area contributed by atoms with Gasteiger partial charge in [0.25, 0.3) is 0 Å². The molecule has 0 saturated carbocycles. The molecule has 0 aliphatic rings. The second-order valence-electron chi connectivity index (χ2n) is 3.25. The number of aldehydes is 1. The minimum absolute atomic E-state index is 0.606. The molecule has 0 saturated heterocycles. The molecule has 0 aliphatic carbocycles. The molecule has 78 valence electrons. The van der Waals surface area contributed by atoms with Crippen LogP contribution in [0.25, 0.3) is 0 Å². The largest absolute Gasteiger partial charge is 0.297 e. The van der Waals surface area contributed by atoms with E-state index < -0.39 is 0 Å². The molecule has 1 aromatic heterocycles. The van der Waals surface area contributed by atoms with Crippen molar-refractivity contribution in [1.82, 2.24) is 4.98 Å². The molecule has 2 nitrogen and oxygen atoms in total. The number of rotatable bonds is 1. The number of hydrogen-bond acceptors (Lipinski definition) is 3. The molecule has 16 heavy (non-hydrogen) atoms. The second-order valence-corrected chi connectivity index (χ2v) is 4.31. The molecule has 0 fully saturated rings. The molecule has 3 heteroatoms. The Labute approximate surface area is 98.0 Å². The van der Waals surface area contributed by atoms with Gasteiger partial charge in [-0.1, -0.05) is 24.1 Å². The van der Waals surface area contributed by atoms with Gasteiger partial charge >= 0.3 is 0 Å². The third-order valence-electron chi connectivity index (χ3n) is 2.09. The first-order chi connectivity index (χ1) is 7.79. The quantitative estimate of drug-likeness (QED) is 0.554. The summed E-state index contributed by atoms with van der Waals surface area (Å²) in [6.07, 6.45) is 2.33. The van der Waals surface area contributed by atoms with Crippen LogP contribution < -0.4 is 0 Å². The van der Waals surface area contributed by atoms with E-state index in [0.29, 0.717) is 9.88 Å². The van der Waals surface area contributed by atoms with Gasteiger partial charge in [0.2, 0.25) is 0 Å². The van der Waals surface area contributed by atoms with Crippen molar-refractivity contribution in [1.29, 1.82) is 0 Å². The van der Waals surface area contributed by atoms with Crippen LogP contribution >= 0.6 is 11.3 Å². The van der Waals surface area contributed by atoms with Crippen LogP contribution in [0.3, 0.4) is 0 Å². The Morgan fingerprint density at radius 2 is 2.12 bits per heavy atom. The van der Waals surface area contributed by atoms with Crippen molar-refractivity contribution in [3.8, 4) is 11.8 Å². The Morgan fingerprint density at radius 3 is 2.81 bits per heavy atom. The zero-order chi connectivity index (χ0) is 11.4. The highest BCUT2D eigenvalue weighted by Gasteiger charge is 1.97. The van der Waals surface area contributed by atoms with Gasteiger partial charge in [-0.2, -0.15) is 0 Å². The normalized spacial score (nSPS) is 9.31. The molecule has 0 bridgehead atoms. The standard InChI is InChI=1S/C13H9NOS/c1-10-4-2-3-5-11(10)6-7-13-14-8-12(9-15)16-13/h2-5,8-9H,1H3.